The summed E-state index contributed by atoms with van der Waals surface area (Å²) >= 11 is 0. The normalized spacial score (nSPS) is 12.4. The van der Waals surface area contributed by atoms with Gasteiger partial charge in [-0.3, -0.25) is 19.7 Å². The molecule has 164 valence electrons. The van der Waals surface area contributed by atoms with E-state index in [0.717, 1.165) is 0 Å². The third kappa shape index (κ3) is 4.05. The highest BCUT2D eigenvalue weighted by atomic mass is 16.6. The molecule has 1 heterocycles. The summed E-state index contributed by atoms with van der Waals surface area (Å²) < 4.78 is 1.19. The van der Waals surface area contributed by atoms with Crippen LogP contribution in [0.3, 0.4) is 0 Å². The van der Waals surface area contributed by atoms with E-state index in [4.69, 9.17) is 0 Å². The van der Waals surface area contributed by atoms with Crippen LogP contribution in [0.15, 0.2) is 48.5 Å². The van der Waals surface area contributed by atoms with Gasteiger partial charge in [-0.1, -0.05) is 30.3 Å². The molecule has 1 aliphatic carbocycles. The van der Waals surface area contributed by atoms with Gasteiger partial charge in [-0.2, -0.15) is 0 Å². The maximum Gasteiger partial charge on any atom is 0.271 e. The van der Waals surface area contributed by atoms with Gasteiger partial charge < -0.3 is 15.8 Å². The Hall–Kier alpha value is -4.12. The molecule has 11 nitrogen and oxygen atoms in total. The summed E-state index contributed by atoms with van der Waals surface area (Å²) in [6, 6.07) is 12.7. The maximum atomic E-state index is 12.8. The van der Waals surface area contributed by atoms with E-state index in [-0.39, 0.29) is 40.5 Å². The van der Waals surface area contributed by atoms with Crippen molar-refractivity contribution in [3.8, 4) is 0 Å². The average molecular weight is 436 g/mol. The van der Waals surface area contributed by atoms with E-state index in [1.54, 1.807) is 36.4 Å². The molecule has 3 aromatic rings. The van der Waals surface area contributed by atoms with Gasteiger partial charge in [-0.15, -0.1) is 4.68 Å². The van der Waals surface area contributed by atoms with Crippen LogP contribution in [0.1, 0.15) is 38.5 Å². The van der Waals surface area contributed by atoms with Crippen LogP contribution in [0.2, 0.25) is 0 Å². The third-order valence-electron chi connectivity index (χ3n) is 5.13. The molecule has 11 heteroatoms. The summed E-state index contributed by atoms with van der Waals surface area (Å²) in [7, 11) is 0. The van der Waals surface area contributed by atoms with Gasteiger partial charge in [0.1, 0.15) is 0 Å². The summed E-state index contributed by atoms with van der Waals surface area (Å²) in [5, 5.41) is 33.1. The molecule has 0 saturated heterocycles. The van der Waals surface area contributed by atoms with E-state index in [9.17, 15) is 24.9 Å². The van der Waals surface area contributed by atoms with Gasteiger partial charge in [0, 0.05) is 52.1 Å². The lowest BCUT2D eigenvalue weighted by Crippen LogP contribution is -2.41. The van der Waals surface area contributed by atoms with Crippen molar-refractivity contribution >= 4 is 22.9 Å². The van der Waals surface area contributed by atoms with Crippen LogP contribution in [-0.2, 0) is 6.54 Å². The molecule has 0 fully saturated rings. The van der Waals surface area contributed by atoms with E-state index in [2.05, 4.69) is 15.7 Å². The fourth-order valence-corrected chi connectivity index (χ4v) is 3.61. The van der Waals surface area contributed by atoms with Crippen molar-refractivity contribution in [2.45, 2.75) is 13.0 Å². The Kier molecular flexibility index (Phi) is 5.90. The number of carbonyl (C=O) groups is 2. The smallest absolute Gasteiger partial charge is 0.271 e. The Bertz CT molecular complexity index is 1210. The van der Waals surface area contributed by atoms with Crippen molar-refractivity contribution in [2.24, 2.45) is 0 Å². The number of fused-ring (bicyclic) bond motifs is 2. The number of nitro groups is 1. The Morgan fingerprint density at radius 1 is 1.00 bits per heavy atom. The molecular formula is C21H20N6O5. The van der Waals surface area contributed by atoms with Gasteiger partial charge in [-0.05, 0) is 19.0 Å². The van der Waals surface area contributed by atoms with Gasteiger partial charge in [0.05, 0.1) is 11.5 Å². The predicted molar refractivity (Wildman–Crippen MR) is 114 cm³/mol. The number of nitrogens with one attached hydrogen (secondary N) is 2. The molecule has 0 bridgehead atoms. The highest BCUT2D eigenvalue weighted by molar-refractivity contribution is 6.26. The molecule has 2 aromatic carbocycles. The Morgan fingerprint density at radius 2 is 1.75 bits per heavy atom. The zero-order valence-electron chi connectivity index (χ0n) is 17.0. The molecule has 0 saturated carbocycles. The second-order valence-corrected chi connectivity index (χ2v) is 7.21. The number of ketones is 2. The maximum absolute atomic E-state index is 12.8. The quantitative estimate of drug-likeness (QED) is 0.131. The third-order valence-corrected chi connectivity index (χ3v) is 5.13. The number of non-ortho nitro benzene ring substituents is 1. The standard InChI is InChI=1S/C21H20N6O5/c28-20-16-7-1-2-8-17(16)21(29)19-18(20)24-27(32)25(19)12-4-9-22-10-11-23-14-5-3-6-15(13-14)26(30)31/h1-3,5-8,13,22-23H,4,9-12H2. The molecule has 0 radical (unpaired) electrons. The SMILES string of the molecule is O=C1c2ccccc2C(=O)c2c1n[n+]([O-])n2CCCNCCNc1cccc([N+](=O)[O-])c1. The van der Waals surface area contributed by atoms with Crippen molar-refractivity contribution in [2.75, 3.05) is 25.0 Å². The lowest BCUT2D eigenvalue weighted by atomic mass is 9.90. The summed E-state index contributed by atoms with van der Waals surface area (Å²) in [5.41, 5.74) is 1.12. The molecule has 0 atom stereocenters. The van der Waals surface area contributed by atoms with Gasteiger partial charge in [-0.25, -0.2) is 0 Å². The summed E-state index contributed by atoms with van der Waals surface area (Å²) in [5.74, 6) is -0.810. The summed E-state index contributed by atoms with van der Waals surface area (Å²) in [4.78, 5) is 36.1. The molecule has 1 aromatic heterocycles. The number of hydrogen-bond donors (Lipinski definition) is 2. The fourth-order valence-electron chi connectivity index (χ4n) is 3.61. The molecule has 1 aliphatic rings. The molecule has 0 spiro atoms. The van der Waals surface area contributed by atoms with Gasteiger partial charge >= 0.3 is 0 Å². The van der Waals surface area contributed by atoms with Crippen molar-refractivity contribution in [3.05, 3.63) is 86.4 Å². The fraction of sp³-hybridized carbons (Fsp3) is 0.238. The summed E-state index contributed by atoms with van der Waals surface area (Å²) in [6.07, 6.45) is 0.533. The minimum atomic E-state index is -0.447. The average Bonchev–Trinajstić information content (AvgIpc) is 3.13. The van der Waals surface area contributed by atoms with Crippen molar-refractivity contribution in [1.29, 1.82) is 0 Å². The van der Waals surface area contributed by atoms with E-state index < -0.39 is 10.7 Å². The summed E-state index contributed by atoms with van der Waals surface area (Å²) in [6.45, 7) is 1.92. The minimum absolute atomic E-state index is 0.0215. The highest BCUT2D eigenvalue weighted by Gasteiger charge is 2.38. The molecule has 0 unspecified atom stereocenters. The zero-order valence-corrected chi connectivity index (χ0v) is 17.0. The highest BCUT2D eigenvalue weighted by Crippen LogP contribution is 2.25. The second kappa shape index (κ2) is 8.94. The van der Waals surface area contributed by atoms with Crippen LogP contribution in [0.5, 0.6) is 0 Å². The van der Waals surface area contributed by atoms with Crippen LogP contribution < -0.4 is 15.6 Å². The molecular weight excluding hydrogens is 416 g/mol. The van der Waals surface area contributed by atoms with Crippen molar-refractivity contribution in [3.63, 3.8) is 0 Å². The molecule has 4 rings (SSSR count). The number of nitro benzene ring substituents is 1. The van der Waals surface area contributed by atoms with Crippen LogP contribution in [0.4, 0.5) is 11.4 Å². The Balaban J connectivity index is 1.29. The number of benzene rings is 2. The lowest BCUT2D eigenvalue weighted by molar-refractivity contribution is -0.749. The van der Waals surface area contributed by atoms with Crippen LogP contribution >= 0.6 is 0 Å². The predicted octanol–water partition coefficient (Wildman–Crippen LogP) is 1.29. The number of hydrogen-bond acceptors (Lipinski definition) is 8. The van der Waals surface area contributed by atoms with E-state index in [1.807, 2.05) is 0 Å². The number of aromatic nitrogens is 3. The number of anilines is 1. The monoisotopic (exact) mass is 436 g/mol. The van der Waals surface area contributed by atoms with Crippen LogP contribution in [0.25, 0.3) is 0 Å². The molecule has 32 heavy (non-hydrogen) atoms. The molecule has 0 aliphatic heterocycles. The minimum Gasteiger partial charge on any atom is -0.571 e. The van der Waals surface area contributed by atoms with E-state index in [1.165, 1.54) is 16.8 Å². The van der Waals surface area contributed by atoms with Gasteiger partial charge in [0.2, 0.25) is 17.3 Å². The largest absolute Gasteiger partial charge is 0.571 e. The first-order chi connectivity index (χ1) is 15.5. The lowest BCUT2D eigenvalue weighted by Gasteiger charge is -2.12. The second-order valence-electron chi connectivity index (χ2n) is 7.21. The van der Waals surface area contributed by atoms with Crippen LogP contribution in [0, 0.1) is 15.3 Å². The first kappa shape index (κ1) is 21.1. The number of nitrogens with zero attached hydrogens (tertiary/aromatic N) is 4. The molecule has 2 N–H and O–H groups in total. The zero-order chi connectivity index (χ0) is 22.7. The number of carbonyl (C=O) groups excluding carboxylic acids is 2. The topological polar surface area (TPSA) is 146 Å². The number of rotatable bonds is 9. The Labute approximate surface area is 182 Å². The van der Waals surface area contributed by atoms with Crippen molar-refractivity contribution in [1.82, 2.24) is 15.1 Å². The first-order valence-corrected chi connectivity index (χ1v) is 10.1. The van der Waals surface area contributed by atoms with E-state index >= 15 is 0 Å². The van der Waals surface area contributed by atoms with Crippen LogP contribution in [-0.4, -0.2) is 45.9 Å². The molecule has 0 amide bonds. The van der Waals surface area contributed by atoms with Gasteiger partial charge in [0.15, 0.2) is 5.69 Å². The Morgan fingerprint density at radius 3 is 2.50 bits per heavy atom. The van der Waals surface area contributed by atoms with E-state index in [0.29, 0.717) is 36.7 Å². The van der Waals surface area contributed by atoms with Gasteiger partial charge in [0.25, 0.3) is 5.69 Å². The van der Waals surface area contributed by atoms with Crippen molar-refractivity contribution < 1.29 is 19.5 Å². The first-order valence-electron chi connectivity index (χ1n) is 10.1.